The maximum atomic E-state index is 12.6. The second-order valence-electron chi connectivity index (χ2n) is 7.30. The monoisotopic (exact) mass is 366 g/mol. The summed E-state index contributed by atoms with van der Waals surface area (Å²) in [6.07, 6.45) is 5.12. The zero-order valence-electron chi connectivity index (χ0n) is 15.8. The number of carbonyl (C=O) groups is 1. The molecule has 3 heterocycles. The van der Waals surface area contributed by atoms with Crippen molar-refractivity contribution in [2.24, 2.45) is 0 Å². The van der Waals surface area contributed by atoms with Gasteiger partial charge in [0, 0.05) is 50.2 Å². The fraction of sp³-hybridized carbons (Fsp3) is 0.476. The van der Waals surface area contributed by atoms with E-state index in [2.05, 4.69) is 10.3 Å². The van der Waals surface area contributed by atoms with Gasteiger partial charge < -0.3 is 15.0 Å². The van der Waals surface area contributed by atoms with Crippen LogP contribution < -0.4 is 10.1 Å². The maximum Gasteiger partial charge on any atom is 0.223 e. The average Bonchev–Trinajstić information content (AvgIpc) is 3.26. The van der Waals surface area contributed by atoms with Gasteiger partial charge in [0.1, 0.15) is 11.6 Å². The van der Waals surface area contributed by atoms with E-state index >= 15 is 0 Å². The number of aryl methyl sites for hydroxylation is 1. The van der Waals surface area contributed by atoms with Gasteiger partial charge >= 0.3 is 0 Å². The van der Waals surface area contributed by atoms with Crippen LogP contribution in [-0.4, -0.2) is 47.5 Å². The van der Waals surface area contributed by atoms with Gasteiger partial charge in [-0.3, -0.25) is 4.79 Å². The Labute approximate surface area is 160 Å². The molecule has 1 saturated heterocycles. The molecule has 2 aliphatic heterocycles. The molecular formula is C21H26N4O2. The zero-order valence-corrected chi connectivity index (χ0v) is 15.8. The van der Waals surface area contributed by atoms with E-state index in [1.54, 1.807) is 7.11 Å². The second kappa shape index (κ2) is 8.05. The summed E-state index contributed by atoms with van der Waals surface area (Å²) in [5, 5.41) is 3.37. The van der Waals surface area contributed by atoms with Crippen LogP contribution in [0, 0.1) is 0 Å². The van der Waals surface area contributed by atoms with Gasteiger partial charge in [0.25, 0.3) is 0 Å². The van der Waals surface area contributed by atoms with Crippen molar-refractivity contribution in [1.82, 2.24) is 20.2 Å². The minimum absolute atomic E-state index is 0.195. The van der Waals surface area contributed by atoms with E-state index in [4.69, 9.17) is 9.72 Å². The molecule has 0 radical (unpaired) electrons. The Kier molecular flexibility index (Phi) is 5.34. The summed E-state index contributed by atoms with van der Waals surface area (Å²) in [6.45, 7) is 3.38. The predicted octanol–water partition coefficient (Wildman–Crippen LogP) is 2.08. The Hall–Kier alpha value is -2.47. The first-order chi connectivity index (χ1) is 13.2. The normalized spacial score (nSPS) is 19.0. The van der Waals surface area contributed by atoms with Gasteiger partial charge in [-0.2, -0.15) is 0 Å². The number of hydrogen-bond donors (Lipinski definition) is 1. The molecule has 1 fully saturated rings. The van der Waals surface area contributed by atoms with E-state index in [0.29, 0.717) is 18.9 Å². The molecule has 0 saturated carbocycles. The number of nitrogens with one attached hydrogen (secondary N) is 1. The van der Waals surface area contributed by atoms with E-state index in [0.717, 1.165) is 67.3 Å². The van der Waals surface area contributed by atoms with Gasteiger partial charge in [-0.25, -0.2) is 9.97 Å². The lowest BCUT2D eigenvalue weighted by molar-refractivity contribution is -0.132. The van der Waals surface area contributed by atoms with Crippen LogP contribution in [0.3, 0.4) is 0 Å². The van der Waals surface area contributed by atoms with E-state index in [1.807, 2.05) is 35.4 Å². The molecule has 2 aromatic rings. The molecule has 2 aliphatic rings. The minimum Gasteiger partial charge on any atom is -0.497 e. The van der Waals surface area contributed by atoms with Crippen molar-refractivity contribution in [3.05, 3.63) is 53.1 Å². The molecule has 0 spiro atoms. The Bertz CT molecular complexity index is 800. The summed E-state index contributed by atoms with van der Waals surface area (Å²) >= 11 is 0. The third kappa shape index (κ3) is 4.11. The number of aromatic nitrogens is 2. The van der Waals surface area contributed by atoms with E-state index < -0.39 is 0 Å². The van der Waals surface area contributed by atoms with E-state index in [1.165, 1.54) is 0 Å². The number of nitrogens with zero attached hydrogens (tertiary/aromatic N) is 3. The van der Waals surface area contributed by atoms with Gasteiger partial charge in [-0.15, -0.1) is 0 Å². The van der Waals surface area contributed by atoms with Crippen LogP contribution >= 0.6 is 0 Å². The molecule has 1 aromatic heterocycles. The van der Waals surface area contributed by atoms with Gasteiger partial charge in [-0.05, 0) is 37.1 Å². The molecular weight excluding hydrogens is 340 g/mol. The summed E-state index contributed by atoms with van der Waals surface area (Å²) in [7, 11) is 1.66. The molecule has 1 atom stereocenters. The van der Waals surface area contributed by atoms with Crippen LogP contribution in [-0.2, 0) is 24.2 Å². The van der Waals surface area contributed by atoms with Crippen LogP contribution in [0.25, 0.3) is 0 Å². The summed E-state index contributed by atoms with van der Waals surface area (Å²) in [5.74, 6) is 2.42. The third-order valence-corrected chi connectivity index (χ3v) is 5.52. The molecule has 142 valence electrons. The number of ether oxygens (including phenoxy) is 1. The quantitative estimate of drug-likeness (QED) is 0.878. The summed E-state index contributed by atoms with van der Waals surface area (Å²) in [5.41, 5.74) is 3.36. The Morgan fingerprint density at radius 2 is 2.19 bits per heavy atom. The fourth-order valence-electron chi connectivity index (χ4n) is 3.82. The number of rotatable bonds is 5. The minimum atomic E-state index is 0.195. The van der Waals surface area contributed by atoms with Gasteiger partial charge in [0.05, 0.1) is 12.8 Å². The zero-order chi connectivity index (χ0) is 18.6. The second-order valence-corrected chi connectivity index (χ2v) is 7.30. The fourth-order valence-corrected chi connectivity index (χ4v) is 3.82. The van der Waals surface area contributed by atoms with Crippen molar-refractivity contribution in [3.8, 4) is 5.75 Å². The molecule has 0 bridgehead atoms. The highest BCUT2D eigenvalue weighted by Crippen LogP contribution is 2.23. The van der Waals surface area contributed by atoms with E-state index in [9.17, 15) is 4.79 Å². The summed E-state index contributed by atoms with van der Waals surface area (Å²) in [4.78, 5) is 23.9. The number of hydrogen-bond acceptors (Lipinski definition) is 5. The van der Waals surface area contributed by atoms with Gasteiger partial charge in [0.2, 0.25) is 5.91 Å². The lowest BCUT2D eigenvalue weighted by Gasteiger charge is -2.28. The van der Waals surface area contributed by atoms with Crippen LogP contribution in [0.2, 0.25) is 0 Å². The number of carbonyl (C=O) groups excluding carboxylic acids is 1. The summed E-state index contributed by atoms with van der Waals surface area (Å²) in [6, 6.07) is 7.91. The van der Waals surface area contributed by atoms with E-state index in [-0.39, 0.29) is 5.91 Å². The average molecular weight is 366 g/mol. The Morgan fingerprint density at radius 1 is 1.33 bits per heavy atom. The Morgan fingerprint density at radius 3 is 2.93 bits per heavy atom. The topological polar surface area (TPSA) is 67.3 Å². The molecule has 27 heavy (non-hydrogen) atoms. The number of benzene rings is 1. The lowest BCUT2D eigenvalue weighted by Crippen LogP contribution is -2.36. The predicted molar refractivity (Wildman–Crippen MR) is 103 cm³/mol. The molecule has 0 aliphatic carbocycles. The van der Waals surface area contributed by atoms with Crippen LogP contribution in [0.5, 0.6) is 5.75 Å². The first-order valence-electron chi connectivity index (χ1n) is 9.69. The lowest BCUT2D eigenvalue weighted by atomic mass is 10.0. The van der Waals surface area contributed by atoms with Crippen LogP contribution in [0.4, 0.5) is 0 Å². The first kappa shape index (κ1) is 17.9. The molecule has 6 nitrogen and oxygen atoms in total. The highest BCUT2D eigenvalue weighted by molar-refractivity contribution is 5.76. The van der Waals surface area contributed by atoms with Crippen molar-refractivity contribution in [2.45, 2.75) is 38.1 Å². The SMILES string of the molecule is COc1ccc(CCC(=O)N2CCc3nc(C4CCNC4)ncc3C2)cc1. The highest BCUT2D eigenvalue weighted by atomic mass is 16.5. The van der Waals surface area contributed by atoms with Crippen LogP contribution in [0.15, 0.2) is 30.5 Å². The Balaban J connectivity index is 1.34. The van der Waals surface area contributed by atoms with Crippen molar-refractivity contribution in [1.29, 1.82) is 0 Å². The maximum absolute atomic E-state index is 12.6. The number of amides is 1. The van der Waals surface area contributed by atoms with Crippen molar-refractivity contribution in [3.63, 3.8) is 0 Å². The third-order valence-electron chi connectivity index (χ3n) is 5.52. The molecule has 1 aromatic carbocycles. The van der Waals surface area contributed by atoms with Crippen molar-refractivity contribution in [2.75, 3.05) is 26.7 Å². The standard InChI is InChI=1S/C21H26N4O2/c1-27-18-5-2-15(3-6-18)4-7-20(26)25-11-9-19-17(14-25)13-23-21(24-19)16-8-10-22-12-16/h2-3,5-6,13,16,22H,4,7-12,14H2,1H3. The number of fused-ring (bicyclic) bond motifs is 1. The highest BCUT2D eigenvalue weighted by Gasteiger charge is 2.25. The van der Waals surface area contributed by atoms with Gasteiger partial charge in [-0.1, -0.05) is 12.1 Å². The molecule has 1 N–H and O–H groups in total. The number of methoxy groups -OCH3 is 1. The van der Waals surface area contributed by atoms with Crippen LogP contribution in [0.1, 0.15) is 41.4 Å². The molecule has 1 unspecified atom stereocenters. The largest absolute Gasteiger partial charge is 0.497 e. The van der Waals surface area contributed by atoms with Gasteiger partial charge in [0.15, 0.2) is 0 Å². The summed E-state index contributed by atoms with van der Waals surface area (Å²) < 4.78 is 5.17. The first-order valence-corrected chi connectivity index (χ1v) is 9.69. The molecule has 4 rings (SSSR count). The van der Waals surface area contributed by atoms with Crippen molar-refractivity contribution >= 4 is 5.91 Å². The van der Waals surface area contributed by atoms with Crippen molar-refractivity contribution < 1.29 is 9.53 Å². The molecule has 1 amide bonds. The smallest absolute Gasteiger partial charge is 0.223 e. The molecule has 6 heteroatoms.